The molecule has 0 spiro atoms. The SMILES string of the molecule is C=CCC(C(=O)O)N(C)C. The van der Waals surface area contributed by atoms with Crippen LogP contribution in [0.4, 0.5) is 0 Å². The number of hydrogen-bond acceptors (Lipinski definition) is 2. The van der Waals surface area contributed by atoms with E-state index < -0.39 is 12.0 Å². The van der Waals surface area contributed by atoms with Crippen LogP contribution in [0, 0.1) is 0 Å². The van der Waals surface area contributed by atoms with Crippen molar-refractivity contribution in [2.24, 2.45) is 0 Å². The zero-order chi connectivity index (χ0) is 8.15. The Morgan fingerprint density at radius 1 is 1.80 bits per heavy atom. The van der Waals surface area contributed by atoms with Crippen LogP contribution >= 0.6 is 0 Å². The second kappa shape index (κ2) is 4.06. The van der Waals surface area contributed by atoms with Gasteiger partial charge in [-0.3, -0.25) is 9.69 Å². The summed E-state index contributed by atoms with van der Waals surface area (Å²) in [6.07, 6.45) is 2.10. The van der Waals surface area contributed by atoms with Gasteiger partial charge in [-0.25, -0.2) is 0 Å². The van der Waals surface area contributed by atoms with E-state index in [0.717, 1.165) is 0 Å². The number of nitrogens with zero attached hydrogens (tertiary/aromatic N) is 1. The van der Waals surface area contributed by atoms with Crippen LogP contribution < -0.4 is 0 Å². The highest BCUT2D eigenvalue weighted by atomic mass is 16.4. The number of likely N-dealkylation sites (N-methyl/N-ethyl adjacent to an activating group) is 1. The average molecular weight is 143 g/mol. The van der Waals surface area contributed by atoms with E-state index in [1.807, 2.05) is 0 Å². The van der Waals surface area contributed by atoms with E-state index in [9.17, 15) is 4.79 Å². The molecule has 0 saturated carbocycles. The Labute approximate surface area is 61.0 Å². The highest BCUT2D eigenvalue weighted by molar-refractivity contribution is 5.73. The number of carboxylic acid groups (broad SMARTS) is 1. The number of aliphatic carboxylic acids is 1. The molecule has 0 radical (unpaired) electrons. The molecule has 0 rings (SSSR count). The predicted molar refractivity (Wildman–Crippen MR) is 39.9 cm³/mol. The molecule has 10 heavy (non-hydrogen) atoms. The van der Waals surface area contributed by atoms with Gasteiger partial charge in [-0.15, -0.1) is 6.58 Å². The van der Waals surface area contributed by atoms with Crippen molar-refractivity contribution < 1.29 is 9.90 Å². The predicted octanol–water partition coefficient (Wildman–Crippen LogP) is 0.577. The second-order valence-electron chi connectivity index (χ2n) is 2.34. The summed E-state index contributed by atoms with van der Waals surface area (Å²) in [5.74, 6) is -0.801. The normalized spacial score (nSPS) is 13.1. The number of carbonyl (C=O) groups is 1. The lowest BCUT2D eigenvalue weighted by atomic mass is 10.2. The van der Waals surface area contributed by atoms with Crippen molar-refractivity contribution in [3.63, 3.8) is 0 Å². The first kappa shape index (κ1) is 9.17. The summed E-state index contributed by atoms with van der Waals surface area (Å²) in [4.78, 5) is 12.1. The zero-order valence-electron chi connectivity index (χ0n) is 6.37. The van der Waals surface area contributed by atoms with E-state index in [1.54, 1.807) is 25.1 Å². The standard InChI is InChI=1S/C7H13NO2/c1-4-5-6(7(9)10)8(2)3/h4,6H,1,5H2,2-3H3,(H,9,10). The van der Waals surface area contributed by atoms with Crippen molar-refractivity contribution in [2.75, 3.05) is 14.1 Å². The quantitative estimate of drug-likeness (QED) is 0.585. The lowest BCUT2D eigenvalue weighted by molar-refractivity contribution is -0.142. The van der Waals surface area contributed by atoms with Gasteiger partial charge in [-0.05, 0) is 20.5 Å². The first-order valence-corrected chi connectivity index (χ1v) is 3.09. The van der Waals surface area contributed by atoms with Gasteiger partial charge < -0.3 is 5.11 Å². The Bertz CT molecular complexity index is 132. The molecular weight excluding hydrogens is 130 g/mol. The van der Waals surface area contributed by atoms with Crippen LogP contribution in [0.2, 0.25) is 0 Å². The van der Waals surface area contributed by atoms with Gasteiger partial charge in [-0.1, -0.05) is 6.08 Å². The molecule has 0 aromatic carbocycles. The molecule has 0 saturated heterocycles. The van der Waals surface area contributed by atoms with Crippen molar-refractivity contribution in [3.05, 3.63) is 12.7 Å². The van der Waals surface area contributed by atoms with Crippen LogP contribution in [0.25, 0.3) is 0 Å². The summed E-state index contributed by atoms with van der Waals surface area (Å²) >= 11 is 0. The van der Waals surface area contributed by atoms with Gasteiger partial charge in [0.1, 0.15) is 6.04 Å². The van der Waals surface area contributed by atoms with Crippen molar-refractivity contribution in [1.29, 1.82) is 0 Å². The van der Waals surface area contributed by atoms with Crippen LogP contribution in [0.5, 0.6) is 0 Å². The third-order valence-electron chi connectivity index (χ3n) is 1.30. The van der Waals surface area contributed by atoms with Gasteiger partial charge in [-0.2, -0.15) is 0 Å². The Kier molecular flexibility index (Phi) is 3.72. The molecule has 0 aliphatic heterocycles. The smallest absolute Gasteiger partial charge is 0.321 e. The van der Waals surface area contributed by atoms with E-state index in [0.29, 0.717) is 6.42 Å². The highest BCUT2D eigenvalue weighted by Gasteiger charge is 2.16. The molecule has 0 bridgehead atoms. The van der Waals surface area contributed by atoms with Crippen LogP contribution in [-0.4, -0.2) is 36.1 Å². The highest BCUT2D eigenvalue weighted by Crippen LogP contribution is 1.99. The Morgan fingerprint density at radius 2 is 2.30 bits per heavy atom. The molecule has 0 aromatic heterocycles. The van der Waals surface area contributed by atoms with Crippen LogP contribution in [0.1, 0.15) is 6.42 Å². The minimum Gasteiger partial charge on any atom is -0.480 e. The molecule has 0 amide bonds. The molecule has 0 heterocycles. The van der Waals surface area contributed by atoms with E-state index in [2.05, 4.69) is 6.58 Å². The maximum atomic E-state index is 10.4. The molecule has 1 N–H and O–H groups in total. The van der Waals surface area contributed by atoms with Gasteiger partial charge >= 0.3 is 5.97 Å². The third kappa shape index (κ3) is 2.64. The topological polar surface area (TPSA) is 40.5 Å². The summed E-state index contributed by atoms with van der Waals surface area (Å²) < 4.78 is 0. The van der Waals surface area contributed by atoms with E-state index in [-0.39, 0.29) is 0 Å². The van der Waals surface area contributed by atoms with E-state index in [4.69, 9.17) is 5.11 Å². The summed E-state index contributed by atoms with van der Waals surface area (Å²) in [6, 6.07) is -0.433. The van der Waals surface area contributed by atoms with Gasteiger partial charge in [0.15, 0.2) is 0 Å². The molecule has 0 fully saturated rings. The molecule has 1 atom stereocenters. The van der Waals surface area contributed by atoms with Crippen molar-refractivity contribution >= 4 is 5.97 Å². The number of hydrogen-bond donors (Lipinski definition) is 1. The Morgan fingerprint density at radius 3 is 2.40 bits per heavy atom. The number of rotatable bonds is 4. The summed E-state index contributed by atoms with van der Waals surface area (Å²) in [6.45, 7) is 3.48. The first-order chi connectivity index (χ1) is 4.59. The largest absolute Gasteiger partial charge is 0.480 e. The Balaban J connectivity index is 3.97. The minimum atomic E-state index is -0.801. The maximum absolute atomic E-state index is 10.4. The molecular formula is C7H13NO2. The lowest BCUT2D eigenvalue weighted by Crippen LogP contribution is -2.34. The molecule has 0 aromatic rings. The second-order valence-corrected chi connectivity index (χ2v) is 2.34. The maximum Gasteiger partial charge on any atom is 0.321 e. The monoisotopic (exact) mass is 143 g/mol. The fourth-order valence-corrected chi connectivity index (χ4v) is 0.690. The zero-order valence-corrected chi connectivity index (χ0v) is 6.37. The van der Waals surface area contributed by atoms with Crippen molar-refractivity contribution in [1.82, 2.24) is 4.90 Å². The fourth-order valence-electron chi connectivity index (χ4n) is 0.690. The molecule has 1 unspecified atom stereocenters. The minimum absolute atomic E-state index is 0.433. The van der Waals surface area contributed by atoms with Crippen LogP contribution in [0.3, 0.4) is 0 Å². The summed E-state index contributed by atoms with van der Waals surface area (Å²) in [5.41, 5.74) is 0. The Hall–Kier alpha value is -0.830. The fraction of sp³-hybridized carbons (Fsp3) is 0.571. The van der Waals surface area contributed by atoms with Gasteiger partial charge in [0.05, 0.1) is 0 Å². The first-order valence-electron chi connectivity index (χ1n) is 3.09. The average Bonchev–Trinajstić information content (AvgIpc) is 1.81. The molecule has 0 aliphatic carbocycles. The third-order valence-corrected chi connectivity index (χ3v) is 1.30. The summed E-state index contributed by atoms with van der Waals surface area (Å²) in [5, 5.41) is 8.59. The van der Waals surface area contributed by atoms with Gasteiger partial charge in [0.2, 0.25) is 0 Å². The lowest BCUT2D eigenvalue weighted by Gasteiger charge is -2.17. The molecule has 58 valence electrons. The molecule has 3 nitrogen and oxygen atoms in total. The van der Waals surface area contributed by atoms with Crippen molar-refractivity contribution in [3.8, 4) is 0 Å². The van der Waals surface area contributed by atoms with E-state index >= 15 is 0 Å². The van der Waals surface area contributed by atoms with Crippen LogP contribution in [-0.2, 0) is 4.79 Å². The van der Waals surface area contributed by atoms with Crippen molar-refractivity contribution in [2.45, 2.75) is 12.5 Å². The van der Waals surface area contributed by atoms with E-state index in [1.165, 1.54) is 0 Å². The number of carboxylic acids is 1. The summed E-state index contributed by atoms with van der Waals surface area (Å²) in [7, 11) is 3.48. The van der Waals surface area contributed by atoms with Gasteiger partial charge in [0.25, 0.3) is 0 Å². The van der Waals surface area contributed by atoms with Crippen LogP contribution in [0.15, 0.2) is 12.7 Å². The molecule has 0 aliphatic rings. The van der Waals surface area contributed by atoms with Gasteiger partial charge in [0, 0.05) is 0 Å². The molecule has 3 heteroatoms.